The van der Waals surface area contributed by atoms with Gasteiger partial charge >= 0.3 is 0 Å². The summed E-state index contributed by atoms with van der Waals surface area (Å²) in [5.41, 5.74) is 1.68. The van der Waals surface area contributed by atoms with E-state index < -0.39 is 11.9 Å². The average Bonchev–Trinajstić information content (AvgIpc) is 2.59. The Hall–Kier alpha value is -3.28. The van der Waals surface area contributed by atoms with Gasteiger partial charge in [0.25, 0.3) is 5.91 Å². The van der Waals surface area contributed by atoms with Gasteiger partial charge in [-0.1, -0.05) is 30.3 Å². The summed E-state index contributed by atoms with van der Waals surface area (Å²) in [6, 6.07) is 14.2. The van der Waals surface area contributed by atoms with Crippen molar-refractivity contribution < 1.29 is 9.59 Å². The number of rotatable bonds is 4. The third-order valence-electron chi connectivity index (χ3n) is 3.39. The Balaban J connectivity index is 1.86. The molecule has 23 heavy (non-hydrogen) atoms. The SMILES string of the molecule is O=CC(NC(=O)c1ccc2[nH]c(=O)ccc2n1)c1ccccc1. The fourth-order valence-corrected chi connectivity index (χ4v) is 2.23. The molecule has 0 saturated heterocycles. The Bertz CT molecular complexity index is 919. The van der Waals surface area contributed by atoms with Gasteiger partial charge in [0.2, 0.25) is 5.56 Å². The first kappa shape index (κ1) is 14.6. The molecule has 3 aromatic rings. The third-order valence-corrected chi connectivity index (χ3v) is 3.39. The van der Waals surface area contributed by atoms with Gasteiger partial charge in [0.1, 0.15) is 18.0 Å². The van der Waals surface area contributed by atoms with Crippen LogP contribution in [0.3, 0.4) is 0 Å². The second-order valence-electron chi connectivity index (χ2n) is 4.95. The molecule has 114 valence electrons. The molecule has 0 saturated carbocycles. The molecule has 0 aliphatic rings. The van der Waals surface area contributed by atoms with Crippen LogP contribution in [0, 0.1) is 0 Å². The van der Waals surface area contributed by atoms with Gasteiger partial charge in [-0.25, -0.2) is 4.98 Å². The maximum absolute atomic E-state index is 12.3. The highest BCUT2D eigenvalue weighted by molar-refractivity contribution is 5.95. The number of hydrogen-bond donors (Lipinski definition) is 2. The Morgan fingerprint density at radius 1 is 1.09 bits per heavy atom. The summed E-state index contributed by atoms with van der Waals surface area (Å²) in [6.45, 7) is 0. The quantitative estimate of drug-likeness (QED) is 0.716. The van der Waals surface area contributed by atoms with Crippen molar-refractivity contribution in [2.24, 2.45) is 0 Å². The van der Waals surface area contributed by atoms with E-state index in [1.165, 1.54) is 12.1 Å². The molecule has 0 radical (unpaired) electrons. The van der Waals surface area contributed by atoms with Crippen LogP contribution in [0.1, 0.15) is 22.1 Å². The Kier molecular flexibility index (Phi) is 3.97. The van der Waals surface area contributed by atoms with Gasteiger partial charge in [-0.2, -0.15) is 0 Å². The standard InChI is InChI=1S/C17H13N3O3/c21-10-15(11-4-2-1-3-5-11)20-17(23)14-7-6-13-12(18-14)8-9-16(22)19-13/h1-10,15H,(H,19,22)(H,20,23). The van der Waals surface area contributed by atoms with Gasteiger partial charge in [-0.15, -0.1) is 0 Å². The van der Waals surface area contributed by atoms with Gasteiger partial charge in [0.05, 0.1) is 11.0 Å². The zero-order valence-corrected chi connectivity index (χ0v) is 12.0. The molecule has 2 heterocycles. The predicted octanol–water partition coefficient (Wildman–Crippen LogP) is 1.59. The first-order chi connectivity index (χ1) is 11.2. The number of nitrogens with one attached hydrogen (secondary N) is 2. The molecule has 6 nitrogen and oxygen atoms in total. The molecule has 1 atom stereocenters. The van der Waals surface area contributed by atoms with Crippen LogP contribution in [0.5, 0.6) is 0 Å². The molecule has 1 aromatic carbocycles. The highest BCUT2D eigenvalue weighted by Gasteiger charge is 2.16. The minimum atomic E-state index is -0.739. The van der Waals surface area contributed by atoms with Crippen molar-refractivity contribution in [1.29, 1.82) is 0 Å². The number of carbonyl (C=O) groups is 2. The van der Waals surface area contributed by atoms with Crippen LogP contribution in [0.2, 0.25) is 0 Å². The number of benzene rings is 1. The van der Waals surface area contributed by atoms with Crippen molar-refractivity contribution in [3.63, 3.8) is 0 Å². The van der Waals surface area contributed by atoms with Crippen molar-refractivity contribution in [2.45, 2.75) is 6.04 Å². The maximum Gasteiger partial charge on any atom is 0.270 e. The number of carbonyl (C=O) groups excluding carboxylic acids is 2. The molecule has 0 aliphatic carbocycles. The van der Waals surface area contributed by atoms with E-state index in [0.29, 0.717) is 22.9 Å². The van der Waals surface area contributed by atoms with Gasteiger partial charge < -0.3 is 15.1 Å². The monoisotopic (exact) mass is 307 g/mol. The minimum absolute atomic E-state index is 0.173. The minimum Gasteiger partial charge on any atom is -0.337 e. The second-order valence-corrected chi connectivity index (χ2v) is 4.95. The molecule has 0 bridgehead atoms. The zero-order valence-electron chi connectivity index (χ0n) is 12.0. The van der Waals surface area contributed by atoms with Crippen molar-refractivity contribution in [3.8, 4) is 0 Å². The van der Waals surface area contributed by atoms with Crippen LogP contribution in [0.25, 0.3) is 11.0 Å². The number of amides is 1. The van der Waals surface area contributed by atoms with Gasteiger partial charge in [-0.05, 0) is 23.8 Å². The maximum atomic E-state index is 12.3. The number of aromatic nitrogens is 2. The molecular weight excluding hydrogens is 294 g/mol. The van der Waals surface area contributed by atoms with E-state index in [2.05, 4.69) is 15.3 Å². The molecule has 1 unspecified atom stereocenters. The Labute approximate surface area is 131 Å². The molecule has 0 aliphatic heterocycles. The van der Waals surface area contributed by atoms with E-state index in [9.17, 15) is 14.4 Å². The van der Waals surface area contributed by atoms with E-state index in [-0.39, 0.29) is 11.3 Å². The van der Waals surface area contributed by atoms with E-state index in [4.69, 9.17) is 0 Å². The summed E-state index contributed by atoms with van der Waals surface area (Å²) in [7, 11) is 0. The fourth-order valence-electron chi connectivity index (χ4n) is 2.23. The molecule has 2 aromatic heterocycles. The van der Waals surface area contributed by atoms with Crippen molar-refractivity contribution in [1.82, 2.24) is 15.3 Å². The molecule has 2 N–H and O–H groups in total. The Morgan fingerprint density at radius 2 is 1.87 bits per heavy atom. The van der Waals surface area contributed by atoms with Crippen LogP contribution in [0.4, 0.5) is 0 Å². The number of pyridine rings is 2. The number of fused-ring (bicyclic) bond motifs is 1. The predicted molar refractivity (Wildman–Crippen MR) is 85.1 cm³/mol. The van der Waals surface area contributed by atoms with Crippen molar-refractivity contribution in [3.05, 3.63) is 76.2 Å². The van der Waals surface area contributed by atoms with E-state index >= 15 is 0 Å². The van der Waals surface area contributed by atoms with Gasteiger partial charge in [0.15, 0.2) is 0 Å². The van der Waals surface area contributed by atoms with Crippen LogP contribution < -0.4 is 10.9 Å². The first-order valence-corrected chi connectivity index (χ1v) is 6.98. The van der Waals surface area contributed by atoms with Crippen LogP contribution >= 0.6 is 0 Å². The van der Waals surface area contributed by atoms with Crippen LogP contribution in [0.15, 0.2) is 59.4 Å². The summed E-state index contributed by atoms with van der Waals surface area (Å²) in [6.07, 6.45) is 0.672. The van der Waals surface area contributed by atoms with Crippen molar-refractivity contribution >= 4 is 23.2 Å². The van der Waals surface area contributed by atoms with Gasteiger partial charge in [-0.3, -0.25) is 9.59 Å². The largest absolute Gasteiger partial charge is 0.337 e. The topological polar surface area (TPSA) is 91.9 Å². The van der Waals surface area contributed by atoms with E-state index in [1.54, 1.807) is 36.4 Å². The second kappa shape index (κ2) is 6.23. The third kappa shape index (κ3) is 3.16. The molecule has 1 amide bonds. The summed E-state index contributed by atoms with van der Waals surface area (Å²) in [4.78, 5) is 41.6. The van der Waals surface area contributed by atoms with Crippen LogP contribution in [-0.4, -0.2) is 22.2 Å². The van der Waals surface area contributed by atoms with Crippen molar-refractivity contribution in [2.75, 3.05) is 0 Å². The number of H-pyrrole nitrogens is 1. The zero-order chi connectivity index (χ0) is 16.2. The lowest BCUT2D eigenvalue weighted by molar-refractivity contribution is -0.109. The first-order valence-electron chi connectivity index (χ1n) is 6.98. The average molecular weight is 307 g/mol. The van der Waals surface area contributed by atoms with Gasteiger partial charge in [0, 0.05) is 6.07 Å². The summed E-state index contributed by atoms with van der Waals surface area (Å²) >= 11 is 0. The number of aromatic amines is 1. The molecule has 0 spiro atoms. The molecule has 0 fully saturated rings. The molecule has 6 heteroatoms. The number of aldehydes is 1. The fraction of sp³-hybridized carbons (Fsp3) is 0.0588. The normalized spacial score (nSPS) is 11.8. The van der Waals surface area contributed by atoms with E-state index in [1.807, 2.05) is 6.07 Å². The summed E-state index contributed by atoms with van der Waals surface area (Å²) in [5, 5.41) is 2.63. The Morgan fingerprint density at radius 3 is 2.61 bits per heavy atom. The smallest absolute Gasteiger partial charge is 0.270 e. The van der Waals surface area contributed by atoms with Crippen LogP contribution in [-0.2, 0) is 4.79 Å². The summed E-state index contributed by atoms with van der Waals surface area (Å²) < 4.78 is 0. The highest BCUT2D eigenvalue weighted by atomic mass is 16.2. The lowest BCUT2D eigenvalue weighted by Crippen LogP contribution is -2.30. The summed E-state index contributed by atoms with van der Waals surface area (Å²) in [5.74, 6) is -0.459. The molecule has 3 rings (SSSR count). The number of hydrogen-bond acceptors (Lipinski definition) is 4. The number of nitrogens with zero attached hydrogens (tertiary/aromatic N) is 1. The highest BCUT2D eigenvalue weighted by Crippen LogP contribution is 2.12. The van der Waals surface area contributed by atoms with E-state index in [0.717, 1.165) is 0 Å². The lowest BCUT2D eigenvalue weighted by atomic mass is 10.1. The molecular formula is C17H13N3O3. The lowest BCUT2D eigenvalue weighted by Gasteiger charge is -2.12.